The fraction of sp³-hybridized carbons (Fsp3) is 0.955. The smallest absolute Gasteiger partial charge is 0.305 e. The predicted octanol–water partition coefficient (Wildman–Crippen LogP) is 12.1. The molecule has 0 heterocycles. The Kier molecular flexibility index (Phi) is 31.6. The minimum absolute atomic E-state index is 0.00225. The van der Waals surface area contributed by atoms with E-state index < -0.39 is 0 Å². The highest BCUT2D eigenvalue weighted by Crippen LogP contribution is 2.50. The van der Waals surface area contributed by atoms with Crippen molar-refractivity contribution in [1.29, 1.82) is 0 Å². The summed E-state index contributed by atoms with van der Waals surface area (Å²) in [6, 6.07) is 0. The number of unbranched alkanes of at least 4 members (excludes halogenated alkanes) is 18. The lowest BCUT2D eigenvalue weighted by atomic mass is 9.92. The van der Waals surface area contributed by atoms with Crippen molar-refractivity contribution in [3.05, 3.63) is 0 Å². The van der Waals surface area contributed by atoms with Crippen LogP contribution in [-0.2, 0) is 19.1 Å². The monoisotopic (exact) mass is 708 g/mol. The Balaban J connectivity index is 2.06. The van der Waals surface area contributed by atoms with E-state index in [1.807, 2.05) is 0 Å². The highest BCUT2D eigenvalue weighted by atomic mass is 16.5. The molecule has 0 saturated heterocycles. The molecule has 1 aliphatic carbocycles. The lowest BCUT2D eigenvalue weighted by molar-refractivity contribution is -0.146. The number of hydrogen-bond donors (Lipinski definition) is 1. The van der Waals surface area contributed by atoms with E-state index in [2.05, 4.69) is 25.7 Å². The molecular weight excluding hydrogens is 622 g/mol. The Labute approximate surface area is 311 Å². The third-order valence-corrected chi connectivity index (χ3v) is 11.2. The molecule has 1 N–H and O–H groups in total. The van der Waals surface area contributed by atoms with Crippen molar-refractivity contribution in [1.82, 2.24) is 4.90 Å². The van der Waals surface area contributed by atoms with Crippen LogP contribution in [0.5, 0.6) is 0 Å². The fourth-order valence-corrected chi connectivity index (χ4v) is 7.36. The van der Waals surface area contributed by atoms with E-state index in [9.17, 15) is 14.7 Å². The number of hydrogen-bond acceptors (Lipinski definition) is 6. The van der Waals surface area contributed by atoms with Gasteiger partial charge in [0.15, 0.2) is 0 Å². The lowest BCUT2D eigenvalue weighted by Gasteiger charge is -2.21. The highest BCUT2D eigenvalue weighted by Gasteiger charge is 2.43. The summed E-state index contributed by atoms with van der Waals surface area (Å²) in [5.74, 6) is 0.702. The summed E-state index contributed by atoms with van der Waals surface area (Å²) in [6.45, 7) is 11.1. The molecule has 50 heavy (non-hydrogen) atoms. The second-order valence-electron chi connectivity index (χ2n) is 16.0. The molecule has 6 nitrogen and oxygen atoms in total. The second kappa shape index (κ2) is 33.7. The van der Waals surface area contributed by atoms with E-state index >= 15 is 0 Å². The van der Waals surface area contributed by atoms with Crippen LogP contribution in [0.1, 0.15) is 220 Å². The van der Waals surface area contributed by atoms with Crippen LogP contribution < -0.4 is 0 Å². The lowest BCUT2D eigenvalue weighted by Crippen LogP contribution is -2.29. The van der Waals surface area contributed by atoms with Gasteiger partial charge in [0.05, 0.1) is 19.8 Å². The van der Waals surface area contributed by atoms with Crippen LogP contribution >= 0.6 is 0 Å². The zero-order chi connectivity index (χ0) is 36.4. The van der Waals surface area contributed by atoms with E-state index in [0.717, 1.165) is 71.0 Å². The number of aliphatic hydroxyl groups excluding tert-OH is 1. The van der Waals surface area contributed by atoms with Gasteiger partial charge in [-0.3, -0.25) is 9.59 Å². The molecule has 0 amide bonds. The SMILES string of the molecule is CCCCCCCCCC(=O)OCC1(CCCCCN(CCO)CCCCCCCC(=O)OCCC(CCCCCC)CCCCCC)CC1. The van der Waals surface area contributed by atoms with Gasteiger partial charge < -0.3 is 19.5 Å². The summed E-state index contributed by atoms with van der Waals surface area (Å²) in [7, 11) is 0. The average molecular weight is 708 g/mol. The normalized spacial score (nSPS) is 13.7. The van der Waals surface area contributed by atoms with Gasteiger partial charge in [-0.2, -0.15) is 0 Å². The van der Waals surface area contributed by atoms with E-state index in [1.54, 1.807) is 0 Å². The van der Waals surface area contributed by atoms with Gasteiger partial charge in [-0.05, 0) is 70.4 Å². The van der Waals surface area contributed by atoms with Crippen LogP contribution in [0, 0.1) is 11.3 Å². The second-order valence-corrected chi connectivity index (χ2v) is 16.0. The molecule has 0 radical (unpaired) electrons. The highest BCUT2D eigenvalue weighted by molar-refractivity contribution is 5.69. The molecule has 0 aromatic rings. The van der Waals surface area contributed by atoms with Crippen molar-refractivity contribution in [2.24, 2.45) is 11.3 Å². The Morgan fingerprint density at radius 3 is 1.54 bits per heavy atom. The topological polar surface area (TPSA) is 76.1 Å². The van der Waals surface area contributed by atoms with Crippen LogP contribution in [0.25, 0.3) is 0 Å². The largest absolute Gasteiger partial charge is 0.466 e. The quantitative estimate of drug-likeness (QED) is 0.0506. The first kappa shape index (κ1) is 46.9. The predicted molar refractivity (Wildman–Crippen MR) is 212 cm³/mol. The summed E-state index contributed by atoms with van der Waals surface area (Å²) in [5.41, 5.74) is 0.265. The summed E-state index contributed by atoms with van der Waals surface area (Å²) in [5, 5.41) is 9.58. The maximum Gasteiger partial charge on any atom is 0.305 e. The Hall–Kier alpha value is -1.14. The first-order chi connectivity index (χ1) is 24.5. The van der Waals surface area contributed by atoms with Crippen molar-refractivity contribution in [3.63, 3.8) is 0 Å². The molecule has 0 aliphatic heterocycles. The van der Waals surface area contributed by atoms with Crippen LogP contribution in [0.15, 0.2) is 0 Å². The molecule has 296 valence electrons. The maximum absolute atomic E-state index is 12.3. The van der Waals surface area contributed by atoms with Crippen molar-refractivity contribution in [2.45, 2.75) is 220 Å². The molecule has 0 aromatic heterocycles. The van der Waals surface area contributed by atoms with Crippen LogP contribution in [-0.4, -0.2) is 61.4 Å². The Morgan fingerprint density at radius 2 is 1.02 bits per heavy atom. The minimum Gasteiger partial charge on any atom is -0.466 e. The van der Waals surface area contributed by atoms with Crippen molar-refractivity contribution in [2.75, 3.05) is 39.5 Å². The molecule has 1 aliphatic rings. The molecule has 0 atom stereocenters. The van der Waals surface area contributed by atoms with Crippen LogP contribution in [0.4, 0.5) is 0 Å². The molecule has 6 heteroatoms. The Bertz CT molecular complexity index is 758. The number of carbonyl (C=O) groups excluding carboxylic acids is 2. The molecule has 0 aromatic carbocycles. The summed E-state index contributed by atoms with van der Waals surface area (Å²) >= 11 is 0. The summed E-state index contributed by atoms with van der Waals surface area (Å²) in [6.07, 6.45) is 36.5. The summed E-state index contributed by atoms with van der Waals surface area (Å²) < 4.78 is 11.3. The van der Waals surface area contributed by atoms with Gasteiger partial charge in [0, 0.05) is 24.8 Å². The van der Waals surface area contributed by atoms with E-state index in [0.29, 0.717) is 32.0 Å². The molecule has 1 saturated carbocycles. The number of rotatable bonds is 39. The third kappa shape index (κ3) is 28.4. The first-order valence-corrected chi connectivity index (χ1v) is 22.1. The number of ether oxygens (including phenoxy) is 2. The van der Waals surface area contributed by atoms with Gasteiger partial charge in [0.25, 0.3) is 0 Å². The zero-order valence-electron chi connectivity index (χ0n) is 33.8. The Morgan fingerprint density at radius 1 is 0.560 bits per heavy atom. The van der Waals surface area contributed by atoms with E-state index in [4.69, 9.17) is 9.47 Å². The van der Waals surface area contributed by atoms with Gasteiger partial charge in [-0.1, -0.05) is 156 Å². The zero-order valence-corrected chi connectivity index (χ0v) is 33.8. The average Bonchev–Trinajstić information content (AvgIpc) is 3.89. The minimum atomic E-state index is -0.0118. The van der Waals surface area contributed by atoms with Crippen LogP contribution in [0.3, 0.4) is 0 Å². The third-order valence-electron chi connectivity index (χ3n) is 11.2. The number of esters is 2. The molecular formula is C44H85NO5. The first-order valence-electron chi connectivity index (χ1n) is 22.1. The van der Waals surface area contributed by atoms with Crippen LogP contribution in [0.2, 0.25) is 0 Å². The molecule has 0 unspecified atom stereocenters. The molecule has 0 bridgehead atoms. The van der Waals surface area contributed by atoms with Crippen molar-refractivity contribution < 1.29 is 24.2 Å². The van der Waals surface area contributed by atoms with Gasteiger partial charge in [0.2, 0.25) is 0 Å². The molecule has 1 fully saturated rings. The summed E-state index contributed by atoms with van der Waals surface area (Å²) in [4.78, 5) is 27.0. The number of nitrogens with zero attached hydrogens (tertiary/aromatic N) is 1. The van der Waals surface area contributed by atoms with Gasteiger partial charge in [-0.15, -0.1) is 0 Å². The van der Waals surface area contributed by atoms with E-state index in [1.165, 1.54) is 135 Å². The molecule has 1 rings (SSSR count). The van der Waals surface area contributed by atoms with E-state index in [-0.39, 0.29) is 24.0 Å². The fourth-order valence-electron chi connectivity index (χ4n) is 7.36. The van der Waals surface area contributed by atoms with Crippen molar-refractivity contribution >= 4 is 11.9 Å². The number of aliphatic hydroxyl groups is 1. The standard InChI is InChI=1S/C44H85NO5/c1-4-7-10-13-14-16-23-30-43(48)50-40-44(33-34-44)32-24-19-26-36-45(37-38-46)35-25-18-15-17-22-29-42(47)49-39-31-41(27-20-11-8-5-2)28-21-12-9-6-3/h41,46H,4-40H2,1-3H3. The van der Waals surface area contributed by atoms with Crippen molar-refractivity contribution in [3.8, 4) is 0 Å². The van der Waals surface area contributed by atoms with Gasteiger partial charge in [0.1, 0.15) is 0 Å². The maximum atomic E-state index is 12.3. The van der Waals surface area contributed by atoms with Gasteiger partial charge in [-0.25, -0.2) is 0 Å². The molecule has 0 spiro atoms. The van der Waals surface area contributed by atoms with Gasteiger partial charge >= 0.3 is 11.9 Å². The number of carbonyl (C=O) groups is 2.